The van der Waals surface area contributed by atoms with Gasteiger partial charge < -0.3 is 10.6 Å². The van der Waals surface area contributed by atoms with Gasteiger partial charge in [0, 0.05) is 37.1 Å². The average Bonchev–Trinajstić information content (AvgIpc) is 2.70. The van der Waals surface area contributed by atoms with E-state index in [1.165, 1.54) is 50.1 Å². The van der Waals surface area contributed by atoms with Crippen molar-refractivity contribution in [2.24, 2.45) is 0 Å². The molecule has 0 spiro atoms. The van der Waals surface area contributed by atoms with Crippen molar-refractivity contribution in [2.75, 3.05) is 18.4 Å². The molecule has 0 aliphatic heterocycles. The van der Waals surface area contributed by atoms with Gasteiger partial charge in [0.2, 0.25) is 5.13 Å². The highest BCUT2D eigenvalue weighted by Gasteiger charge is 2.10. The molecule has 4 nitrogen and oxygen atoms in total. The van der Waals surface area contributed by atoms with Crippen LogP contribution in [0, 0.1) is 0 Å². The van der Waals surface area contributed by atoms with Crippen molar-refractivity contribution in [2.45, 2.75) is 64.3 Å². The fourth-order valence-electron chi connectivity index (χ4n) is 2.58. The van der Waals surface area contributed by atoms with Crippen LogP contribution in [0.4, 0.5) is 5.13 Å². The van der Waals surface area contributed by atoms with Gasteiger partial charge in [0.1, 0.15) is 5.82 Å². The van der Waals surface area contributed by atoms with Gasteiger partial charge in [-0.2, -0.15) is 4.37 Å². The van der Waals surface area contributed by atoms with Crippen LogP contribution in [0.3, 0.4) is 0 Å². The molecule has 1 aliphatic rings. The third-order valence-corrected chi connectivity index (χ3v) is 4.34. The molecule has 0 radical (unpaired) electrons. The Balaban J connectivity index is 1.60. The Hall–Kier alpha value is -0.680. The zero-order chi connectivity index (χ0) is 13.3. The molecule has 1 saturated carbocycles. The van der Waals surface area contributed by atoms with Crippen LogP contribution < -0.4 is 10.6 Å². The molecule has 1 heterocycles. The highest BCUT2D eigenvalue weighted by molar-refractivity contribution is 7.09. The predicted molar refractivity (Wildman–Crippen MR) is 81.9 cm³/mol. The minimum Gasteiger partial charge on any atom is -0.359 e. The molecule has 0 atom stereocenters. The lowest BCUT2D eigenvalue weighted by Gasteiger charge is -2.15. The van der Waals surface area contributed by atoms with Crippen molar-refractivity contribution < 1.29 is 0 Å². The van der Waals surface area contributed by atoms with E-state index in [1.807, 2.05) is 0 Å². The summed E-state index contributed by atoms with van der Waals surface area (Å²) in [5.74, 6) is 0.978. The second-order valence-corrected chi connectivity index (χ2v) is 6.09. The first-order valence-electron chi connectivity index (χ1n) is 7.68. The van der Waals surface area contributed by atoms with E-state index in [-0.39, 0.29) is 0 Å². The quantitative estimate of drug-likeness (QED) is 0.595. The Morgan fingerprint density at radius 3 is 2.68 bits per heavy atom. The molecule has 1 aliphatic carbocycles. The van der Waals surface area contributed by atoms with Gasteiger partial charge in [-0.05, 0) is 19.3 Å². The van der Waals surface area contributed by atoms with E-state index in [0.29, 0.717) is 0 Å². The third kappa shape index (κ3) is 5.45. The van der Waals surface area contributed by atoms with Gasteiger partial charge in [-0.25, -0.2) is 4.98 Å². The summed E-state index contributed by atoms with van der Waals surface area (Å²) in [6, 6.07) is 0.731. The molecule has 1 aromatic rings. The summed E-state index contributed by atoms with van der Waals surface area (Å²) in [6.45, 7) is 4.12. The molecule has 19 heavy (non-hydrogen) atoms. The Kier molecular flexibility index (Phi) is 6.57. The first-order chi connectivity index (χ1) is 9.38. The molecule has 2 N–H and O–H groups in total. The number of aryl methyl sites for hydroxylation is 1. The van der Waals surface area contributed by atoms with Crippen LogP contribution in [0.2, 0.25) is 0 Å². The molecule has 2 rings (SSSR count). The summed E-state index contributed by atoms with van der Waals surface area (Å²) in [5, 5.41) is 7.98. The van der Waals surface area contributed by atoms with Gasteiger partial charge in [0.15, 0.2) is 0 Å². The SMILES string of the molecule is CCCc1nsc(NCCNC2CCCCCC2)n1. The molecule has 0 aromatic carbocycles. The lowest BCUT2D eigenvalue weighted by atomic mass is 10.1. The molecule has 0 saturated heterocycles. The average molecular weight is 282 g/mol. The van der Waals surface area contributed by atoms with E-state index >= 15 is 0 Å². The van der Waals surface area contributed by atoms with Gasteiger partial charge in [0.05, 0.1) is 0 Å². The van der Waals surface area contributed by atoms with Gasteiger partial charge in [0.25, 0.3) is 0 Å². The molecular formula is C14H26N4S. The first-order valence-corrected chi connectivity index (χ1v) is 8.45. The second kappa shape index (κ2) is 8.48. The number of hydrogen-bond donors (Lipinski definition) is 2. The standard InChI is InChI=1S/C14H26N4S/c1-2-7-13-17-14(19-18-13)16-11-10-15-12-8-5-3-4-6-9-12/h12,15H,2-11H2,1H3,(H,16,17,18). The number of nitrogens with zero attached hydrogens (tertiary/aromatic N) is 2. The Bertz CT molecular complexity index is 345. The Labute approximate surface area is 120 Å². The molecular weight excluding hydrogens is 256 g/mol. The molecule has 0 unspecified atom stereocenters. The zero-order valence-corrected chi connectivity index (χ0v) is 12.8. The smallest absolute Gasteiger partial charge is 0.202 e. The van der Waals surface area contributed by atoms with Crippen LogP contribution in [-0.2, 0) is 6.42 Å². The van der Waals surface area contributed by atoms with Crippen LogP contribution >= 0.6 is 11.5 Å². The van der Waals surface area contributed by atoms with Crippen LogP contribution in [0.25, 0.3) is 0 Å². The molecule has 0 amide bonds. The van der Waals surface area contributed by atoms with E-state index in [2.05, 4.69) is 26.9 Å². The molecule has 0 bridgehead atoms. The van der Waals surface area contributed by atoms with Crippen molar-refractivity contribution >= 4 is 16.7 Å². The van der Waals surface area contributed by atoms with Gasteiger partial charge in [-0.1, -0.05) is 32.6 Å². The summed E-state index contributed by atoms with van der Waals surface area (Å²) in [7, 11) is 0. The summed E-state index contributed by atoms with van der Waals surface area (Å²) in [4.78, 5) is 4.47. The van der Waals surface area contributed by atoms with E-state index in [9.17, 15) is 0 Å². The molecule has 1 fully saturated rings. The third-order valence-electron chi connectivity index (χ3n) is 3.63. The lowest BCUT2D eigenvalue weighted by Crippen LogP contribution is -2.32. The highest BCUT2D eigenvalue weighted by atomic mass is 32.1. The Morgan fingerprint density at radius 1 is 1.16 bits per heavy atom. The van der Waals surface area contributed by atoms with Crippen molar-refractivity contribution in [1.29, 1.82) is 0 Å². The predicted octanol–water partition coefficient (Wildman–Crippen LogP) is 3.21. The maximum atomic E-state index is 4.47. The second-order valence-electron chi connectivity index (χ2n) is 5.34. The maximum Gasteiger partial charge on any atom is 0.202 e. The minimum absolute atomic E-state index is 0.731. The van der Waals surface area contributed by atoms with E-state index in [0.717, 1.165) is 42.9 Å². The lowest BCUT2D eigenvalue weighted by molar-refractivity contribution is 0.468. The summed E-state index contributed by atoms with van der Waals surface area (Å²) in [6.07, 6.45) is 10.4. The van der Waals surface area contributed by atoms with Crippen LogP contribution in [0.5, 0.6) is 0 Å². The number of aromatic nitrogens is 2. The van der Waals surface area contributed by atoms with Crippen LogP contribution in [0.15, 0.2) is 0 Å². The van der Waals surface area contributed by atoms with Crippen molar-refractivity contribution in [3.05, 3.63) is 5.82 Å². The summed E-state index contributed by atoms with van der Waals surface area (Å²) < 4.78 is 4.33. The summed E-state index contributed by atoms with van der Waals surface area (Å²) in [5.41, 5.74) is 0. The number of nitrogens with one attached hydrogen (secondary N) is 2. The number of hydrogen-bond acceptors (Lipinski definition) is 5. The number of rotatable bonds is 7. The molecule has 108 valence electrons. The van der Waals surface area contributed by atoms with Crippen molar-refractivity contribution in [1.82, 2.24) is 14.7 Å². The van der Waals surface area contributed by atoms with Gasteiger partial charge >= 0.3 is 0 Å². The number of anilines is 1. The zero-order valence-electron chi connectivity index (χ0n) is 12.0. The Morgan fingerprint density at radius 2 is 1.95 bits per heavy atom. The fraction of sp³-hybridized carbons (Fsp3) is 0.857. The largest absolute Gasteiger partial charge is 0.359 e. The molecule has 5 heteroatoms. The topological polar surface area (TPSA) is 49.8 Å². The van der Waals surface area contributed by atoms with Crippen LogP contribution in [-0.4, -0.2) is 28.5 Å². The van der Waals surface area contributed by atoms with Crippen molar-refractivity contribution in [3.63, 3.8) is 0 Å². The van der Waals surface area contributed by atoms with Crippen molar-refractivity contribution in [3.8, 4) is 0 Å². The van der Waals surface area contributed by atoms with E-state index in [4.69, 9.17) is 0 Å². The van der Waals surface area contributed by atoms with E-state index < -0.39 is 0 Å². The normalized spacial score (nSPS) is 17.3. The first kappa shape index (κ1) is 14.7. The van der Waals surface area contributed by atoms with Crippen LogP contribution in [0.1, 0.15) is 57.7 Å². The fourth-order valence-corrected chi connectivity index (χ4v) is 3.22. The highest BCUT2D eigenvalue weighted by Crippen LogP contribution is 2.17. The van der Waals surface area contributed by atoms with Gasteiger partial charge in [-0.3, -0.25) is 0 Å². The minimum atomic E-state index is 0.731. The van der Waals surface area contributed by atoms with Gasteiger partial charge in [-0.15, -0.1) is 0 Å². The monoisotopic (exact) mass is 282 g/mol. The molecule has 1 aromatic heterocycles. The van der Waals surface area contributed by atoms with E-state index in [1.54, 1.807) is 0 Å². The summed E-state index contributed by atoms with van der Waals surface area (Å²) >= 11 is 1.48. The maximum absolute atomic E-state index is 4.47.